The molecule has 1 saturated heterocycles. The fourth-order valence-electron chi connectivity index (χ4n) is 2.68. The van der Waals surface area contributed by atoms with Crippen LogP contribution in [0, 0.1) is 5.82 Å². The van der Waals surface area contributed by atoms with Crippen LogP contribution in [0.2, 0.25) is 0 Å². The summed E-state index contributed by atoms with van der Waals surface area (Å²) < 4.78 is 28.3. The van der Waals surface area contributed by atoms with Gasteiger partial charge in [0.15, 0.2) is 11.6 Å². The van der Waals surface area contributed by atoms with E-state index in [0.717, 1.165) is 11.6 Å². The molecule has 1 aromatic carbocycles. The summed E-state index contributed by atoms with van der Waals surface area (Å²) in [6, 6.07) is 6.53. The van der Waals surface area contributed by atoms with Crippen LogP contribution in [-0.4, -0.2) is 38.5 Å². The van der Waals surface area contributed by atoms with E-state index in [-0.39, 0.29) is 18.5 Å². The largest absolute Gasteiger partial charge is 0.505 e. The Morgan fingerprint density at radius 1 is 1.36 bits per heavy atom. The summed E-state index contributed by atoms with van der Waals surface area (Å²) in [5.41, 5.74) is 1.45. The Bertz CT molecular complexity index is 922. The smallest absolute Gasteiger partial charge is 0.330 e. The summed E-state index contributed by atoms with van der Waals surface area (Å²) in [6.07, 6.45) is 2.06. The maximum absolute atomic E-state index is 13.1. The third-order valence-electron chi connectivity index (χ3n) is 4.23. The van der Waals surface area contributed by atoms with E-state index in [1.54, 1.807) is 25.3 Å². The molecule has 0 bridgehead atoms. The number of carbonyl (C=O) groups excluding carboxylic acids is 2. The van der Waals surface area contributed by atoms with E-state index in [1.165, 1.54) is 17.0 Å². The number of hydrogen-bond acceptors (Lipinski definition) is 5. The second-order valence-electron chi connectivity index (χ2n) is 6.31. The summed E-state index contributed by atoms with van der Waals surface area (Å²) >= 11 is 0. The van der Waals surface area contributed by atoms with Crippen molar-refractivity contribution in [2.75, 3.05) is 17.2 Å². The molecule has 2 heterocycles. The molecule has 3 amide bonds. The van der Waals surface area contributed by atoms with Crippen molar-refractivity contribution < 1.29 is 23.3 Å². The molecule has 28 heavy (non-hydrogen) atoms. The topological polar surface area (TPSA) is 112 Å². The molecule has 0 saturated carbocycles. The van der Waals surface area contributed by atoms with Crippen molar-refractivity contribution in [3.63, 3.8) is 0 Å². The van der Waals surface area contributed by atoms with Crippen LogP contribution < -0.4 is 14.9 Å². The van der Waals surface area contributed by atoms with Crippen LogP contribution in [0.1, 0.15) is 24.1 Å². The van der Waals surface area contributed by atoms with Crippen LogP contribution in [0.15, 0.2) is 36.5 Å². The molecule has 0 aliphatic carbocycles. The highest BCUT2D eigenvalue weighted by molar-refractivity contribution is 7.83. The SMILES string of the molecule is CC(NS(=O)CCc1ccc(N2CC(=O)NC2=O)nc1)c1ccc(F)c(O)c1. The first-order valence-corrected chi connectivity index (χ1v) is 9.84. The van der Waals surface area contributed by atoms with Gasteiger partial charge in [0.25, 0.3) is 0 Å². The van der Waals surface area contributed by atoms with E-state index < -0.39 is 28.6 Å². The van der Waals surface area contributed by atoms with Gasteiger partial charge in [0.1, 0.15) is 12.4 Å². The molecule has 2 atom stereocenters. The molecular formula is C18H19FN4O4S. The number of aromatic hydroxyl groups is 1. The Hall–Kier alpha value is -2.85. The molecule has 1 aromatic heterocycles. The molecule has 0 radical (unpaired) electrons. The number of carbonyl (C=O) groups is 2. The Balaban J connectivity index is 1.52. The molecule has 148 valence electrons. The first-order valence-electron chi connectivity index (χ1n) is 8.52. The average Bonchev–Trinajstić information content (AvgIpc) is 3.00. The lowest BCUT2D eigenvalue weighted by atomic mass is 10.1. The third-order valence-corrected chi connectivity index (χ3v) is 5.42. The van der Waals surface area contributed by atoms with Crippen LogP contribution >= 0.6 is 0 Å². The van der Waals surface area contributed by atoms with Gasteiger partial charge in [-0.3, -0.25) is 15.0 Å². The van der Waals surface area contributed by atoms with Gasteiger partial charge in [-0.2, -0.15) is 0 Å². The van der Waals surface area contributed by atoms with Crippen LogP contribution in [0.25, 0.3) is 0 Å². The number of nitrogens with one attached hydrogen (secondary N) is 2. The number of phenolic OH excluding ortho intramolecular Hbond substituents is 1. The standard InChI is InChI=1S/C18H19FN4O4S/c1-11(13-3-4-14(19)15(24)8-13)22-28(27)7-6-12-2-5-16(20-9-12)23-10-17(25)21-18(23)26/h2-5,8-9,11,22,24H,6-7,10H2,1H3,(H,21,25,26). The number of hydrogen-bond donors (Lipinski definition) is 3. The summed E-state index contributed by atoms with van der Waals surface area (Å²) in [5.74, 6) is -0.835. The second kappa shape index (κ2) is 8.44. The minimum Gasteiger partial charge on any atom is -0.505 e. The van der Waals surface area contributed by atoms with Crippen LogP contribution in [0.3, 0.4) is 0 Å². The molecule has 2 unspecified atom stereocenters. The number of imide groups is 1. The third kappa shape index (κ3) is 4.70. The van der Waals surface area contributed by atoms with Crippen molar-refractivity contribution >= 4 is 28.7 Å². The first kappa shape index (κ1) is 19.9. The highest BCUT2D eigenvalue weighted by atomic mass is 32.2. The van der Waals surface area contributed by atoms with Crippen molar-refractivity contribution in [3.8, 4) is 5.75 Å². The van der Waals surface area contributed by atoms with Crippen molar-refractivity contribution in [3.05, 3.63) is 53.5 Å². The number of amides is 3. The zero-order valence-electron chi connectivity index (χ0n) is 15.0. The summed E-state index contributed by atoms with van der Waals surface area (Å²) in [5, 5.41) is 11.6. The molecule has 3 N–H and O–H groups in total. The zero-order chi connectivity index (χ0) is 20.3. The normalized spacial score (nSPS) is 16.1. The minimum atomic E-state index is -1.35. The average molecular weight is 406 g/mol. The number of aryl methyl sites for hydroxylation is 1. The van der Waals surface area contributed by atoms with Crippen LogP contribution in [0.5, 0.6) is 5.75 Å². The fraction of sp³-hybridized carbons (Fsp3) is 0.278. The van der Waals surface area contributed by atoms with Gasteiger partial charge in [0.05, 0.1) is 11.0 Å². The maximum Gasteiger partial charge on any atom is 0.330 e. The van der Waals surface area contributed by atoms with Crippen molar-refractivity contribution in [1.29, 1.82) is 0 Å². The van der Waals surface area contributed by atoms with E-state index in [0.29, 0.717) is 23.6 Å². The number of pyridine rings is 1. The van der Waals surface area contributed by atoms with Gasteiger partial charge >= 0.3 is 6.03 Å². The molecule has 8 nitrogen and oxygen atoms in total. The van der Waals surface area contributed by atoms with Gasteiger partial charge in [0.2, 0.25) is 5.91 Å². The molecular weight excluding hydrogens is 387 g/mol. The number of rotatable bonds is 7. The lowest BCUT2D eigenvalue weighted by Gasteiger charge is -2.14. The predicted molar refractivity (Wildman–Crippen MR) is 101 cm³/mol. The molecule has 1 aliphatic rings. The Labute approximate surface area is 163 Å². The zero-order valence-corrected chi connectivity index (χ0v) is 15.8. The summed E-state index contributed by atoms with van der Waals surface area (Å²) in [6.45, 7) is 1.71. The Morgan fingerprint density at radius 2 is 2.14 bits per heavy atom. The monoisotopic (exact) mass is 406 g/mol. The highest BCUT2D eigenvalue weighted by Crippen LogP contribution is 2.21. The minimum absolute atomic E-state index is 0.0596. The van der Waals surface area contributed by atoms with Gasteiger partial charge in [-0.1, -0.05) is 12.1 Å². The molecule has 0 spiro atoms. The van der Waals surface area contributed by atoms with E-state index >= 15 is 0 Å². The van der Waals surface area contributed by atoms with Gasteiger partial charge in [-0.15, -0.1) is 0 Å². The Kier molecular flexibility index (Phi) is 6.00. The molecule has 3 rings (SSSR count). The highest BCUT2D eigenvalue weighted by Gasteiger charge is 2.28. The quantitative estimate of drug-likeness (QED) is 0.604. The predicted octanol–water partition coefficient (Wildman–Crippen LogP) is 1.54. The summed E-state index contributed by atoms with van der Waals surface area (Å²) in [7, 11) is -1.35. The van der Waals surface area contributed by atoms with Crippen LogP contribution in [0.4, 0.5) is 15.0 Å². The number of nitrogens with zero attached hydrogens (tertiary/aromatic N) is 2. The number of aromatic nitrogens is 1. The van der Waals surface area contributed by atoms with Crippen molar-refractivity contribution in [2.45, 2.75) is 19.4 Å². The fourth-order valence-corrected chi connectivity index (χ4v) is 3.75. The van der Waals surface area contributed by atoms with Gasteiger partial charge in [-0.25, -0.2) is 23.1 Å². The number of halogens is 1. The van der Waals surface area contributed by atoms with E-state index in [9.17, 15) is 23.3 Å². The van der Waals surface area contributed by atoms with Crippen molar-refractivity contribution in [2.24, 2.45) is 0 Å². The number of benzene rings is 1. The molecule has 10 heteroatoms. The van der Waals surface area contributed by atoms with Crippen molar-refractivity contribution in [1.82, 2.24) is 15.0 Å². The number of urea groups is 1. The first-order chi connectivity index (χ1) is 13.3. The number of anilines is 1. The maximum atomic E-state index is 13.1. The van der Waals surface area contributed by atoms with E-state index in [1.807, 2.05) is 0 Å². The van der Waals surface area contributed by atoms with Gasteiger partial charge in [0, 0.05) is 18.0 Å². The Morgan fingerprint density at radius 3 is 2.75 bits per heavy atom. The lowest BCUT2D eigenvalue weighted by molar-refractivity contribution is -0.117. The number of phenols is 1. The lowest BCUT2D eigenvalue weighted by Crippen LogP contribution is -2.28. The second-order valence-corrected chi connectivity index (χ2v) is 7.65. The molecule has 1 aliphatic heterocycles. The van der Waals surface area contributed by atoms with Gasteiger partial charge < -0.3 is 5.11 Å². The van der Waals surface area contributed by atoms with Gasteiger partial charge in [-0.05, 0) is 42.7 Å². The van der Waals surface area contributed by atoms with E-state index in [2.05, 4.69) is 15.0 Å². The summed E-state index contributed by atoms with van der Waals surface area (Å²) in [4.78, 5) is 28.3. The molecule has 2 aromatic rings. The molecule has 1 fully saturated rings. The van der Waals surface area contributed by atoms with E-state index in [4.69, 9.17) is 0 Å². The van der Waals surface area contributed by atoms with Crippen LogP contribution in [-0.2, 0) is 22.2 Å².